The van der Waals surface area contributed by atoms with Gasteiger partial charge in [-0.3, -0.25) is 0 Å². The number of piperidine rings is 1. The van der Waals surface area contributed by atoms with Gasteiger partial charge in [-0.15, -0.1) is 13.2 Å². The number of halogens is 3. The highest BCUT2D eigenvalue weighted by Gasteiger charge is 2.43. The fourth-order valence-corrected chi connectivity index (χ4v) is 5.14. The first kappa shape index (κ1) is 20.3. The zero-order chi connectivity index (χ0) is 20.5. The van der Waals surface area contributed by atoms with Crippen molar-refractivity contribution in [1.82, 2.24) is 9.97 Å². The molecule has 0 amide bonds. The van der Waals surface area contributed by atoms with Crippen LogP contribution in [-0.4, -0.2) is 35.5 Å². The fourth-order valence-electron chi connectivity index (χ4n) is 4.35. The maximum Gasteiger partial charge on any atom is 0.573 e. The standard InChI is InChI=1S/C20H23F3N4OS/c21-20(22,23)28-14-4-1-2-5-15(14)29-18-13-25-17(12-26-18)27-10-8-19(9-11-27)7-3-6-16(19)24/h1-2,4-5,12-13,16H,3,6-11,24H2/t16-/m0/s1. The van der Waals surface area contributed by atoms with E-state index >= 15 is 0 Å². The monoisotopic (exact) mass is 424 g/mol. The molecule has 1 aliphatic heterocycles. The Morgan fingerprint density at radius 2 is 1.86 bits per heavy atom. The zero-order valence-electron chi connectivity index (χ0n) is 15.9. The summed E-state index contributed by atoms with van der Waals surface area (Å²) < 4.78 is 41.8. The van der Waals surface area contributed by atoms with E-state index in [0.717, 1.165) is 49.9 Å². The summed E-state index contributed by atoms with van der Waals surface area (Å²) in [6, 6.07) is 6.31. The summed E-state index contributed by atoms with van der Waals surface area (Å²) in [4.78, 5) is 11.4. The van der Waals surface area contributed by atoms with E-state index in [9.17, 15) is 13.2 Å². The van der Waals surface area contributed by atoms with Crippen LogP contribution in [0.25, 0.3) is 0 Å². The molecule has 2 fully saturated rings. The largest absolute Gasteiger partial charge is 0.573 e. The summed E-state index contributed by atoms with van der Waals surface area (Å²) in [5.41, 5.74) is 6.62. The summed E-state index contributed by atoms with van der Waals surface area (Å²) in [7, 11) is 0. The van der Waals surface area contributed by atoms with Crippen molar-refractivity contribution in [3.05, 3.63) is 36.7 Å². The molecule has 1 aromatic heterocycles. The predicted octanol–water partition coefficient (Wildman–Crippen LogP) is 4.62. The predicted molar refractivity (Wildman–Crippen MR) is 105 cm³/mol. The molecule has 1 spiro atoms. The lowest BCUT2D eigenvalue weighted by Gasteiger charge is -2.42. The maximum absolute atomic E-state index is 12.6. The first-order chi connectivity index (χ1) is 13.8. The molecule has 1 aromatic carbocycles. The van der Waals surface area contributed by atoms with Crippen LogP contribution in [0.2, 0.25) is 0 Å². The number of rotatable bonds is 4. The molecule has 2 aromatic rings. The van der Waals surface area contributed by atoms with E-state index in [4.69, 9.17) is 5.73 Å². The van der Waals surface area contributed by atoms with Gasteiger partial charge in [0.15, 0.2) is 0 Å². The molecule has 2 N–H and O–H groups in total. The Balaban J connectivity index is 1.41. The van der Waals surface area contributed by atoms with Crippen molar-refractivity contribution >= 4 is 17.6 Å². The quantitative estimate of drug-likeness (QED) is 0.773. The van der Waals surface area contributed by atoms with Crippen molar-refractivity contribution in [3.63, 3.8) is 0 Å². The van der Waals surface area contributed by atoms with Crippen molar-refractivity contribution < 1.29 is 17.9 Å². The molecule has 0 radical (unpaired) electrons. The lowest BCUT2D eigenvalue weighted by molar-refractivity contribution is -0.275. The number of hydrogen-bond acceptors (Lipinski definition) is 6. The highest BCUT2D eigenvalue weighted by Crippen LogP contribution is 2.46. The first-order valence-corrected chi connectivity index (χ1v) is 10.5. The minimum Gasteiger partial charge on any atom is -0.405 e. The molecule has 5 nitrogen and oxygen atoms in total. The molecule has 2 aliphatic rings. The fraction of sp³-hybridized carbons (Fsp3) is 0.500. The molecule has 156 valence electrons. The van der Waals surface area contributed by atoms with E-state index in [1.807, 2.05) is 0 Å². The third-order valence-corrected chi connectivity index (χ3v) is 6.94. The molecule has 0 unspecified atom stereocenters. The maximum atomic E-state index is 12.6. The smallest absolute Gasteiger partial charge is 0.405 e. The Kier molecular flexibility index (Phi) is 5.61. The van der Waals surface area contributed by atoms with E-state index < -0.39 is 6.36 Å². The van der Waals surface area contributed by atoms with Gasteiger partial charge in [0.1, 0.15) is 16.6 Å². The molecule has 0 bridgehead atoms. The average Bonchev–Trinajstić information content (AvgIpc) is 3.03. The number of hydrogen-bond donors (Lipinski definition) is 1. The van der Waals surface area contributed by atoms with Gasteiger partial charge in [0, 0.05) is 19.1 Å². The summed E-state index contributed by atoms with van der Waals surface area (Å²) >= 11 is 1.09. The highest BCUT2D eigenvalue weighted by atomic mass is 32.2. The topological polar surface area (TPSA) is 64.3 Å². The van der Waals surface area contributed by atoms with Crippen LogP contribution in [0, 0.1) is 5.41 Å². The Labute approximate surface area is 171 Å². The second-order valence-corrected chi connectivity index (χ2v) is 8.72. The van der Waals surface area contributed by atoms with Crippen LogP contribution in [0.15, 0.2) is 46.6 Å². The molecule has 1 atom stereocenters. The van der Waals surface area contributed by atoms with Crippen LogP contribution in [0.4, 0.5) is 19.0 Å². The Bertz CT molecular complexity index is 838. The van der Waals surface area contributed by atoms with Crippen molar-refractivity contribution in [2.45, 2.75) is 54.4 Å². The van der Waals surface area contributed by atoms with Crippen molar-refractivity contribution in [2.24, 2.45) is 11.1 Å². The highest BCUT2D eigenvalue weighted by molar-refractivity contribution is 7.99. The molecule has 4 rings (SSSR count). The van der Waals surface area contributed by atoms with Crippen LogP contribution in [0.5, 0.6) is 5.75 Å². The number of nitrogens with two attached hydrogens (primary N) is 1. The first-order valence-electron chi connectivity index (χ1n) is 9.70. The van der Waals surface area contributed by atoms with E-state index in [0.29, 0.717) is 16.0 Å². The van der Waals surface area contributed by atoms with Gasteiger partial charge in [0.05, 0.1) is 17.3 Å². The van der Waals surface area contributed by atoms with E-state index in [1.54, 1.807) is 24.5 Å². The van der Waals surface area contributed by atoms with Crippen molar-refractivity contribution in [3.8, 4) is 5.75 Å². The molecule has 2 heterocycles. The van der Waals surface area contributed by atoms with Gasteiger partial charge in [0.2, 0.25) is 0 Å². The third kappa shape index (κ3) is 4.61. The number of alkyl halides is 3. The van der Waals surface area contributed by atoms with Crippen LogP contribution < -0.4 is 15.4 Å². The lowest BCUT2D eigenvalue weighted by atomic mass is 9.74. The molecule has 9 heteroatoms. The summed E-state index contributed by atoms with van der Waals surface area (Å²) in [5, 5.41) is 0.512. The van der Waals surface area contributed by atoms with Crippen molar-refractivity contribution in [2.75, 3.05) is 18.0 Å². The van der Waals surface area contributed by atoms with Gasteiger partial charge in [-0.2, -0.15) is 0 Å². The minimum absolute atomic E-state index is 0.245. The normalized spacial score (nSPS) is 21.5. The van der Waals surface area contributed by atoms with Crippen LogP contribution in [0.1, 0.15) is 32.1 Å². The van der Waals surface area contributed by atoms with Gasteiger partial charge >= 0.3 is 6.36 Å². The molecule has 1 saturated carbocycles. The summed E-state index contributed by atoms with van der Waals surface area (Å²) in [6.45, 7) is 1.80. The second kappa shape index (κ2) is 8.02. The number of para-hydroxylation sites is 1. The zero-order valence-corrected chi connectivity index (χ0v) is 16.7. The van der Waals surface area contributed by atoms with Gasteiger partial charge in [-0.05, 0) is 43.2 Å². The Morgan fingerprint density at radius 3 is 2.48 bits per heavy atom. The molecule has 29 heavy (non-hydrogen) atoms. The SMILES string of the molecule is N[C@H]1CCCC12CCN(c1cnc(Sc3ccccc3OC(F)(F)F)cn1)CC2. The number of ether oxygens (including phenoxy) is 1. The van der Waals surface area contributed by atoms with E-state index in [2.05, 4.69) is 19.6 Å². The lowest BCUT2D eigenvalue weighted by Crippen LogP contribution is -2.47. The summed E-state index contributed by atoms with van der Waals surface area (Å²) in [5.74, 6) is 0.542. The Morgan fingerprint density at radius 1 is 1.10 bits per heavy atom. The molecular weight excluding hydrogens is 401 g/mol. The summed E-state index contributed by atoms with van der Waals surface area (Å²) in [6.07, 6.45) is 4.21. The number of aromatic nitrogens is 2. The van der Waals surface area contributed by atoms with Crippen LogP contribution in [0.3, 0.4) is 0 Å². The van der Waals surface area contributed by atoms with Gasteiger partial charge in [0.25, 0.3) is 0 Å². The van der Waals surface area contributed by atoms with E-state index in [-0.39, 0.29) is 11.2 Å². The molecular formula is C20H23F3N4OS. The third-order valence-electron chi connectivity index (χ3n) is 5.96. The van der Waals surface area contributed by atoms with E-state index in [1.165, 1.54) is 25.0 Å². The van der Waals surface area contributed by atoms with Gasteiger partial charge < -0.3 is 15.4 Å². The number of anilines is 1. The number of nitrogens with zero attached hydrogens (tertiary/aromatic N) is 3. The van der Waals surface area contributed by atoms with Gasteiger partial charge in [-0.25, -0.2) is 9.97 Å². The Hall–Kier alpha value is -2.00. The molecule has 1 saturated heterocycles. The molecule has 1 aliphatic carbocycles. The van der Waals surface area contributed by atoms with Crippen molar-refractivity contribution in [1.29, 1.82) is 0 Å². The van der Waals surface area contributed by atoms with Crippen LogP contribution in [-0.2, 0) is 0 Å². The van der Waals surface area contributed by atoms with Gasteiger partial charge in [-0.1, -0.05) is 30.3 Å². The minimum atomic E-state index is -4.74. The average molecular weight is 424 g/mol. The van der Waals surface area contributed by atoms with Crippen LogP contribution >= 0.6 is 11.8 Å². The number of benzene rings is 1. The second-order valence-electron chi connectivity index (χ2n) is 7.66.